The summed E-state index contributed by atoms with van der Waals surface area (Å²) in [6.45, 7) is 5.86. The molecule has 22 heavy (non-hydrogen) atoms. The maximum atomic E-state index is 5.69. The third-order valence-electron chi connectivity index (χ3n) is 2.96. The molecule has 0 radical (unpaired) electrons. The van der Waals surface area contributed by atoms with Crippen LogP contribution in [0.3, 0.4) is 0 Å². The van der Waals surface area contributed by atoms with Gasteiger partial charge in [-0.15, -0.1) is 24.0 Å². The van der Waals surface area contributed by atoms with Crippen molar-refractivity contribution < 1.29 is 4.74 Å². The van der Waals surface area contributed by atoms with Crippen LogP contribution in [0.1, 0.15) is 19.4 Å². The number of nitrogens with zero attached hydrogens (tertiary/aromatic N) is 3. The van der Waals surface area contributed by atoms with E-state index in [2.05, 4.69) is 31.0 Å². The minimum Gasteiger partial charge on any atom is -0.493 e. The van der Waals surface area contributed by atoms with Gasteiger partial charge in [-0.25, -0.2) is 0 Å². The third-order valence-corrected chi connectivity index (χ3v) is 2.96. The van der Waals surface area contributed by atoms with Crippen LogP contribution in [0.5, 0.6) is 5.75 Å². The summed E-state index contributed by atoms with van der Waals surface area (Å²) in [5.74, 6) is 2.49. The molecule has 0 atom stereocenters. The van der Waals surface area contributed by atoms with Gasteiger partial charge in [0.1, 0.15) is 5.75 Å². The Morgan fingerprint density at radius 3 is 2.05 bits per heavy atom. The van der Waals surface area contributed by atoms with Gasteiger partial charge in [0.25, 0.3) is 0 Å². The monoisotopic (exact) mass is 419 g/mol. The van der Waals surface area contributed by atoms with Crippen molar-refractivity contribution in [1.82, 2.24) is 9.80 Å². The summed E-state index contributed by atoms with van der Waals surface area (Å²) in [6, 6.07) is 8.33. The van der Waals surface area contributed by atoms with Crippen molar-refractivity contribution in [2.75, 3.05) is 41.3 Å². The fourth-order valence-corrected chi connectivity index (χ4v) is 1.98. The Labute approximate surface area is 152 Å². The molecule has 0 aromatic heterocycles. The molecule has 4 nitrogen and oxygen atoms in total. The van der Waals surface area contributed by atoms with Gasteiger partial charge in [-0.2, -0.15) is 0 Å². The largest absolute Gasteiger partial charge is 0.493 e. The molecule has 0 heterocycles. The topological polar surface area (TPSA) is 28.1 Å². The van der Waals surface area contributed by atoms with Crippen molar-refractivity contribution in [2.45, 2.75) is 20.3 Å². The van der Waals surface area contributed by atoms with Crippen LogP contribution in [0.2, 0.25) is 0 Å². The Bertz CT molecular complexity index is 432. The molecule has 0 saturated heterocycles. The van der Waals surface area contributed by atoms with Gasteiger partial charge in [0.05, 0.1) is 6.61 Å². The molecule has 0 fully saturated rings. The maximum absolute atomic E-state index is 5.69. The summed E-state index contributed by atoms with van der Waals surface area (Å²) in [4.78, 5) is 8.70. The van der Waals surface area contributed by atoms with E-state index in [0.717, 1.165) is 31.3 Å². The molecular weight excluding hydrogens is 389 g/mol. The lowest BCUT2D eigenvalue weighted by Crippen LogP contribution is -2.35. The summed E-state index contributed by atoms with van der Waals surface area (Å²) < 4.78 is 5.69. The number of hydrogen-bond acceptors (Lipinski definition) is 2. The highest BCUT2D eigenvalue weighted by molar-refractivity contribution is 14.0. The fourth-order valence-electron chi connectivity index (χ4n) is 1.98. The number of halogens is 1. The zero-order chi connectivity index (χ0) is 15.8. The average Bonchev–Trinajstić information content (AvgIpc) is 2.41. The predicted molar refractivity (Wildman–Crippen MR) is 106 cm³/mol. The molecule has 0 unspecified atom stereocenters. The van der Waals surface area contributed by atoms with Gasteiger partial charge in [0.2, 0.25) is 0 Å². The van der Waals surface area contributed by atoms with Crippen LogP contribution in [0.25, 0.3) is 0 Å². The van der Waals surface area contributed by atoms with E-state index in [1.807, 2.05) is 50.1 Å². The lowest BCUT2D eigenvalue weighted by Gasteiger charge is -2.22. The zero-order valence-electron chi connectivity index (χ0n) is 14.7. The smallest absolute Gasteiger partial charge is 0.195 e. The molecule has 0 bridgehead atoms. The Hall–Kier alpha value is -0.980. The Morgan fingerprint density at radius 2 is 1.59 bits per heavy atom. The fraction of sp³-hybridized carbons (Fsp3) is 0.588. The van der Waals surface area contributed by atoms with Gasteiger partial charge >= 0.3 is 0 Å². The quantitative estimate of drug-likeness (QED) is 0.402. The number of guanidine groups is 1. The average molecular weight is 419 g/mol. The van der Waals surface area contributed by atoms with Crippen molar-refractivity contribution in [2.24, 2.45) is 10.9 Å². The van der Waals surface area contributed by atoms with E-state index in [-0.39, 0.29) is 24.0 Å². The standard InChI is InChI=1S/C17H29N3O.HI/c1-14(2)13-21-16-9-7-15(8-10-16)11-12-18-17(19(3)4)20(5)6;/h7-10,14H,11-13H2,1-6H3;1H. The molecule has 126 valence electrons. The summed E-state index contributed by atoms with van der Waals surface area (Å²) in [5, 5.41) is 0. The van der Waals surface area contributed by atoms with Crippen molar-refractivity contribution >= 4 is 29.9 Å². The lowest BCUT2D eigenvalue weighted by molar-refractivity contribution is 0.271. The zero-order valence-corrected chi connectivity index (χ0v) is 17.0. The highest BCUT2D eigenvalue weighted by Crippen LogP contribution is 2.13. The number of rotatable bonds is 6. The van der Waals surface area contributed by atoms with E-state index < -0.39 is 0 Å². The van der Waals surface area contributed by atoms with Crippen molar-refractivity contribution in [1.29, 1.82) is 0 Å². The molecule has 0 spiro atoms. The normalized spacial score (nSPS) is 9.95. The molecule has 0 aliphatic carbocycles. The molecule has 0 aliphatic heterocycles. The second-order valence-corrected chi connectivity index (χ2v) is 6.07. The van der Waals surface area contributed by atoms with Crippen LogP contribution in [0.15, 0.2) is 29.3 Å². The highest BCUT2D eigenvalue weighted by Gasteiger charge is 2.03. The van der Waals surface area contributed by atoms with Crippen LogP contribution in [0, 0.1) is 5.92 Å². The Morgan fingerprint density at radius 1 is 1.05 bits per heavy atom. The molecule has 0 saturated carbocycles. The van der Waals surface area contributed by atoms with E-state index in [9.17, 15) is 0 Å². The van der Waals surface area contributed by atoms with Gasteiger partial charge in [0, 0.05) is 34.7 Å². The van der Waals surface area contributed by atoms with E-state index >= 15 is 0 Å². The molecule has 1 rings (SSSR count). The van der Waals surface area contributed by atoms with Crippen LogP contribution in [-0.2, 0) is 6.42 Å². The van der Waals surface area contributed by atoms with Gasteiger partial charge in [-0.05, 0) is 30.0 Å². The van der Waals surface area contributed by atoms with Crippen molar-refractivity contribution in [3.8, 4) is 5.75 Å². The molecule has 0 N–H and O–H groups in total. The van der Waals surface area contributed by atoms with E-state index in [0.29, 0.717) is 5.92 Å². The first-order valence-electron chi connectivity index (χ1n) is 7.51. The first-order chi connectivity index (χ1) is 9.90. The molecule has 1 aromatic carbocycles. The maximum Gasteiger partial charge on any atom is 0.195 e. The van der Waals surface area contributed by atoms with E-state index in [4.69, 9.17) is 4.74 Å². The second-order valence-electron chi connectivity index (χ2n) is 6.07. The number of hydrogen-bond donors (Lipinski definition) is 0. The minimum absolute atomic E-state index is 0. The first-order valence-corrected chi connectivity index (χ1v) is 7.51. The van der Waals surface area contributed by atoms with Crippen molar-refractivity contribution in [3.05, 3.63) is 29.8 Å². The predicted octanol–water partition coefficient (Wildman–Crippen LogP) is 3.36. The second kappa shape index (κ2) is 10.7. The molecule has 1 aromatic rings. The third kappa shape index (κ3) is 7.87. The van der Waals surface area contributed by atoms with Gasteiger partial charge < -0.3 is 14.5 Å². The number of aliphatic imine (C=N–C) groups is 1. The number of ether oxygens (including phenoxy) is 1. The van der Waals surface area contributed by atoms with Gasteiger partial charge in [-0.1, -0.05) is 26.0 Å². The summed E-state index contributed by atoms with van der Waals surface area (Å²) in [5.41, 5.74) is 1.28. The summed E-state index contributed by atoms with van der Waals surface area (Å²) >= 11 is 0. The van der Waals surface area contributed by atoms with Crippen molar-refractivity contribution in [3.63, 3.8) is 0 Å². The van der Waals surface area contributed by atoms with Crippen LogP contribution >= 0.6 is 24.0 Å². The SMILES string of the molecule is CC(C)COc1ccc(CCN=C(N(C)C)N(C)C)cc1.I. The van der Waals surface area contributed by atoms with E-state index in [1.54, 1.807) is 0 Å². The molecular formula is C17H30IN3O. The molecule has 5 heteroatoms. The summed E-state index contributed by atoms with van der Waals surface area (Å²) in [7, 11) is 8.05. The Kier molecular flexibility index (Phi) is 10.2. The molecule has 0 aliphatic rings. The van der Waals surface area contributed by atoms with Crippen LogP contribution in [-0.4, -0.2) is 57.1 Å². The minimum atomic E-state index is 0. The first kappa shape index (κ1) is 21.0. The van der Waals surface area contributed by atoms with Crippen LogP contribution in [0.4, 0.5) is 0 Å². The summed E-state index contributed by atoms with van der Waals surface area (Å²) in [6.07, 6.45) is 0.940. The van der Waals surface area contributed by atoms with Gasteiger partial charge in [0.15, 0.2) is 5.96 Å². The molecule has 0 amide bonds. The van der Waals surface area contributed by atoms with Gasteiger partial charge in [-0.3, -0.25) is 4.99 Å². The van der Waals surface area contributed by atoms with Crippen LogP contribution < -0.4 is 4.74 Å². The lowest BCUT2D eigenvalue weighted by atomic mass is 10.1. The highest BCUT2D eigenvalue weighted by atomic mass is 127. The number of benzene rings is 1. The van der Waals surface area contributed by atoms with E-state index in [1.165, 1.54) is 5.56 Å². The Balaban J connectivity index is 0.00000441.